The largest absolute Gasteiger partial charge is 0.494 e. The highest BCUT2D eigenvalue weighted by Gasteiger charge is 2.15. The van der Waals surface area contributed by atoms with E-state index in [-0.39, 0.29) is 18.1 Å². The first-order valence-corrected chi connectivity index (χ1v) is 8.17. The molecule has 5 heteroatoms. The number of anilines is 1. The lowest BCUT2D eigenvalue weighted by Gasteiger charge is -2.10. The molecular formula is C21H16FNO3. The van der Waals surface area contributed by atoms with Gasteiger partial charge in [0.1, 0.15) is 17.1 Å². The summed E-state index contributed by atoms with van der Waals surface area (Å²) in [7, 11) is 1.43. The number of benzene rings is 3. The van der Waals surface area contributed by atoms with E-state index in [4.69, 9.17) is 9.15 Å². The van der Waals surface area contributed by atoms with E-state index in [1.807, 2.05) is 36.4 Å². The first kappa shape index (κ1) is 16.1. The average molecular weight is 349 g/mol. The lowest BCUT2D eigenvalue weighted by Crippen LogP contribution is -2.15. The number of halogens is 1. The van der Waals surface area contributed by atoms with Crippen molar-refractivity contribution in [2.45, 2.75) is 6.42 Å². The minimum Gasteiger partial charge on any atom is -0.494 e. The molecule has 4 aromatic rings. The van der Waals surface area contributed by atoms with Gasteiger partial charge in [-0.15, -0.1) is 0 Å². The van der Waals surface area contributed by atoms with Crippen LogP contribution in [0.25, 0.3) is 21.7 Å². The molecule has 0 atom stereocenters. The molecule has 0 aliphatic heterocycles. The maximum Gasteiger partial charge on any atom is 0.229 e. The SMILES string of the molecule is COc1cc(F)ccc1NC(=O)Cc1coc2ccc3ccccc3c12. The predicted octanol–water partition coefficient (Wildman–Crippen LogP) is 4.91. The Hall–Kier alpha value is -3.34. The zero-order chi connectivity index (χ0) is 18.1. The topological polar surface area (TPSA) is 51.5 Å². The number of rotatable bonds is 4. The smallest absolute Gasteiger partial charge is 0.229 e. The molecule has 0 aliphatic rings. The summed E-state index contributed by atoms with van der Waals surface area (Å²) in [6, 6.07) is 15.9. The van der Waals surface area contributed by atoms with Gasteiger partial charge in [0.05, 0.1) is 25.5 Å². The van der Waals surface area contributed by atoms with Crippen LogP contribution in [-0.4, -0.2) is 13.0 Å². The quantitative estimate of drug-likeness (QED) is 0.569. The maximum atomic E-state index is 13.3. The summed E-state index contributed by atoms with van der Waals surface area (Å²) in [5.41, 5.74) is 1.97. The number of hydrogen-bond acceptors (Lipinski definition) is 3. The summed E-state index contributed by atoms with van der Waals surface area (Å²) in [4.78, 5) is 12.5. The van der Waals surface area contributed by atoms with Crippen molar-refractivity contribution in [3.8, 4) is 5.75 Å². The molecule has 4 rings (SSSR count). The van der Waals surface area contributed by atoms with Gasteiger partial charge in [0, 0.05) is 17.0 Å². The first-order valence-electron chi connectivity index (χ1n) is 8.17. The van der Waals surface area contributed by atoms with E-state index in [1.54, 1.807) is 6.26 Å². The monoisotopic (exact) mass is 349 g/mol. The van der Waals surface area contributed by atoms with Crippen LogP contribution < -0.4 is 10.1 Å². The lowest BCUT2D eigenvalue weighted by molar-refractivity contribution is -0.115. The van der Waals surface area contributed by atoms with Gasteiger partial charge in [-0.05, 0) is 29.0 Å². The molecule has 0 bridgehead atoms. The number of methoxy groups -OCH3 is 1. The number of hydrogen-bond donors (Lipinski definition) is 1. The minimum atomic E-state index is -0.424. The number of carbonyl (C=O) groups is 1. The molecular weight excluding hydrogens is 333 g/mol. The molecule has 1 heterocycles. The van der Waals surface area contributed by atoms with Crippen molar-refractivity contribution < 1.29 is 18.3 Å². The van der Waals surface area contributed by atoms with Gasteiger partial charge in [-0.3, -0.25) is 4.79 Å². The first-order chi connectivity index (χ1) is 12.7. The fourth-order valence-corrected chi connectivity index (χ4v) is 3.14. The normalized spacial score (nSPS) is 11.0. The fraction of sp³-hybridized carbons (Fsp3) is 0.0952. The van der Waals surface area contributed by atoms with E-state index in [0.29, 0.717) is 5.69 Å². The Morgan fingerprint density at radius 3 is 2.85 bits per heavy atom. The molecule has 0 saturated carbocycles. The van der Waals surface area contributed by atoms with E-state index >= 15 is 0 Å². The molecule has 3 aromatic carbocycles. The number of nitrogens with one attached hydrogen (secondary N) is 1. The van der Waals surface area contributed by atoms with Crippen LogP contribution in [0.1, 0.15) is 5.56 Å². The Morgan fingerprint density at radius 2 is 2.00 bits per heavy atom. The third-order valence-electron chi connectivity index (χ3n) is 4.33. The zero-order valence-electron chi connectivity index (χ0n) is 14.1. The van der Waals surface area contributed by atoms with Crippen molar-refractivity contribution in [2.24, 2.45) is 0 Å². The number of amides is 1. The van der Waals surface area contributed by atoms with Crippen LogP contribution in [-0.2, 0) is 11.2 Å². The van der Waals surface area contributed by atoms with Gasteiger partial charge in [0.25, 0.3) is 0 Å². The number of fused-ring (bicyclic) bond motifs is 3. The van der Waals surface area contributed by atoms with Gasteiger partial charge >= 0.3 is 0 Å². The number of carbonyl (C=O) groups excluding carboxylic acids is 1. The van der Waals surface area contributed by atoms with Crippen molar-refractivity contribution in [2.75, 3.05) is 12.4 Å². The highest BCUT2D eigenvalue weighted by Crippen LogP contribution is 2.31. The van der Waals surface area contributed by atoms with E-state index in [1.165, 1.54) is 25.3 Å². The molecule has 1 amide bonds. The van der Waals surface area contributed by atoms with Gasteiger partial charge in [-0.1, -0.05) is 30.3 Å². The standard InChI is InChI=1S/C21H16FNO3/c1-25-19-11-15(22)7-8-17(19)23-20(24)10-14-12-26-18-9-6-13-4-2-3-5-16(13)21(14)18/h2-9,11-12H,10H2,1H3,(H,23,24). The second-order valence-electron chi connectivity index (χ2n) is 5.99. The second kappa shape index (κ2) is 6.52. The Morgan fingerprint density at radius 1 is 1.15 bits per heavy atom. The molecule has 130 valence electrons. The van der Waals surface area contributed by atoms with Gasteiger partial charge in [-0.25, -0.2) is 4.39 Å². The maximum absolute atomic E-state index is 13.3. The predicted molar refractivity (Wildman–Crippen MR) is 99.0 cm³/mol. The molecule has 4 nitrogen and oxygen atoms in total. The van der Waals surface area contributed by atoms with Crippen molar-refractivity contribution in [3.05, 3.63) is 72.2 Å². The molecule has 0 radical (unpaired) electrons. The molecule has 0 aliphatic carbocycles. The van der Waals surface area contributed by atoms with Gasteiger partial charge < -0.3 is 14.5 Å². The van der Waals surface area contributed by atoms with Crippen molar-refractivity contribution in [1.82, 2.24) is 0 Å². The Labute approximate surface area is 149 Å². The highest BCUT2D eigenvalue weighted by molar-refractivity contribution is 6.09. The van der Waals surface area contributed by atoms with Gasteiger partial charge in [-0.2, -0.15) is 0 Å². The summed E-state index contributed by atoms with van der Waals surface area (Å²) in [5, 5.41) is 5.83. The summed E-state index contributed by atoms with van der Waals surface area (Å²) >= 11 is 0. The summed E-state index contributed by atoms with van der Waals surface area (Å²) in [6.45, 7) is 0. The van der Waals surface area contributed by atoms with Crippen molar-refractivity contribution in [1.29, 1.82) is 0 Å². The second-order valence-corrected chi connectivity index (χ2v) is 5.99. The van der Waals surface area contributed by atoms with E-state index in [0.717, 1.165) is 27.3 Å². The van der Waals surface area contributed by atoms with Crippen LogP contribution in [0.15, 0.2) is 65.3 Å². The molecule has 0 fully saturated rings. The van der Waals surface area contributed by atoms with Crippen LogP contribution in [0.3, 0.4) is 0 Å². The summed E-state index contributed by atoms with van der Waals surface area (Å²) in [5.74, 6) is -0.376. The fourth-order valence-electron chi connectivity index (χ4n) is 3.14. The van der Waals surface area contributed by atoms with Crippen LogP contribution in [0, 0.1) is 5.82 Å². The van der Waals surface area contributed by atoms with Gasteiger partial charge in [0.2, 0.25) is 5.91 Å². The van der Waals surface area contributed by atoms with E-state index in [2.05, 4.69) is 5.32 Å². The number of ether oxygens (including phenoxy) is 1. The number of furan rings is 1. The molecule has 1 aromatic heterocycles. The van der Waals surface area contributed by atoms with Crippen molar-refractivity contribution in [3.63, 3.8) is 0 Å². The van der Waals surface area contributed by atoms with Crippen molar-refractivity contribution >= 4 is 33.3 Å². The lowest BCUT2D eigenvalue weighted by atomic mass is 10.0. The van der Waals surface area contributed by atoms with Crippen LogP contribution in [0.4, 0.5) is 10.1 Å². The Kier molecular flexibility index (Phi) is 4.05. The average Bonchev–Trinajstić information content (AvgIpc) is 3.06. The van der Waals surface area contributed by atoms with Crippen LogP contribution >= 0.6 is 0 Å². The molecule has 26 heavy (non-hydrogen) atoms. The van der Waals surface area contributed by atoms with E-state index < -0.39 is 5.82 Å². The summed E-state index contributed by atoms with van der Waals surface area (Å²) in [6.07, 6.45) is 1.75. The van der Waals surface area contributed by atoms with Crippen LogP contribution in [0.5, 0.6) is 5.75 Å². The van der Waals surface area contributed by atoms with E-state index in [9.17, 15) is 9.18 Å². The van der Waals surface area contributed by atoms with Crippen LogP contribution in [0.2, 0.25) is 0 Å². The molecule has 0 unspecified atom stereocenters. The molecule has 1 N–H and O–H groups in total. The molecule has 0 spiro atoms. The zero-order valence-corrected chi connectivity index (χ0v) is 14.1. The third-order valence-corrected chi connectivity index (χ3v) is 4.33. The minimum absolute atomic E-state index is 0.140. The Bertz CT molecular complexity index is 1120. The molecule has 0 saturated heterocycles. The summed E-state index contributed by atoms with van der Waals surface area (Å²) < 4.78 is 24.0. The Balaban J connectivity index is 1.65. The third kappa shape index (κ3) is 2.88. The highest BCUT2D eigenvalue weighted by atomic mass is 19.1. The van der Waals surface area contributed by atoms with Gasteiger partial charge in [0.15, 0.2) is 0 Å².